The van der Waals surface area contributed by atoms with Crippen LogP contribution in [0.4, 0.5) is 5.95 Å². The second-order valence-corrected chi connectivity index (χ2v) is 10.3. The van der Waals surface area contributed by atoms with Crippen LogP contribution < -0.4 is 15.0 Å². The molecule has 37 heavy (non-hydrogen) atoms. The third kappa shape index (κ3) is 4.31. The molecule has 9 nitrogen and oxygen atoms in total. The minimum atomic E-state index is -0.390. The number of hydrogen-bond acceptors (Lipinski definition) is 7. The van der Waals surface area contributed by atoms with Gasteiger partial charge >= 0.3 is 0 Å². The molecule has 1 atom stereocenters. The molecular weight excluding hydrogens is 513 g/mol. The van der Waals surface area contributed by atoms with E-state index in [2.05, 4.69) is 30.5 Å². The van der Waals surface area contributed by atoms with Crippen LogP contribution in [0.1, 0.15) is 44.3 Å². The molecule has 2 aliphatic rings. The highest BCUT2D eigenvalue weighted by Crippen LogP contribution is 2.40. The lowest BCUT2D eigenvalue weighted by atomic mass is 9.86. The molecule has 1 amide bonds. The predicted octanol–water partition coefficient (Wildman–Crippen LogP) is 5.11. The van der Waals surface area contributed by atoms with Crippen LogP contribution in [-0.4, -0.2) is 49.7 Å². The van der Waals surface area contributed by atoms with E-state index in [0.29, 0.717) is 39.4 Å². The van der Waals surface area contributed by atoms with Gasteiger partial charge in [-0.05, 0) is 57.5 Å². The van der Waals surface area contributed by atoms with Crippen LogP contribution in [-0.2, 0) is 4.79 Å². The maximum Gasteiger partial charge on any atom is 0.232 e. The van der Waals surface area contributed by atoms with Crippen molar-refractivity contribution >= 4 is 46.0 Å². The molecule has 3 aromatic heterocycles. The van der Waals surface area contributed by atoms with E-state index in [1.165, 1.54) is 0 Å². The zero-order chi connectivity index (χ0) is 25.6. The van der Waals surface area contributed by atoms with Crippen molar-refractivity contribution in [2.24, 2.45) is 0 Å². The molecule has 2 N–H and O–H groups in total. The van der Waals surface area contributed by atoms with Crippen LogP contribution >= 0.6 is 23.2 Å². The molecule has 190 valence electrons. The van der Waals surface area contributed by atoms with E-state index < -0.39 is 6.10 Å². The maximum absolute atomic E-state index is 12.8. The van der Waals surface area contributed by atoms with Gasteiger partial charge in [-0.3, -0.25) is 19.8 Å². The normalized spacial score (nSPS) is 18.0. The first kappa shape index (κ1) is 24.1. The number of aromatic amines is 1. The van der Waals surface area contributed by atoms with Crippen molar-refractivity contribution in [1.29, 1.82) is 0 Å². The van der Waals surface area contributed by atoms with Crippen molar-refractivity contribution in [3.8, 4) is 17.0 Å². The molecule has 4 aromatic rings. The van der Waals surface area contributed by atoms with Crippen LogP contribution in [0.2, 0.25) is 10.0 Å². The van der Waals surface area contributed by atoms with Gasteiger partial charge in [-0.2, -0.15) is 5.10 Å². The van der Waals surface area contributed by atoms with Gasteiger partial charge < -0.3 is 10.1 Å². The number of ether oxygens (including phenoxy) is 1. The molecule has 2 fully saturated rings. The molecule has 0 unspecified atom stereocenters. The average Bonchev–Trinajstić information content (AvgIpc) is 3.45. The largest absolute Gasteiger partial charge is 0.486 e. The summed E-state index contributed by atoms with van der Waals surface area (Å²) in [5.41, 5.74) is 2.78. The fraction of sp³-hybridized carbons (Fsp3) is 0.346. The van der Waals surface area contributed by atoms with Gasteiger partial charge in [0.25, 0.3) is 0 Å². The highest BCUT2D eigenvalue weighted by molar-refractivity contribution is 6.35. The molecule has 2 aliphatic heterocycles. The number of fused-ring (bicyclic) bond motifs is 1. The topological polar surface area (TPSA) is 109 Å². The Morgan fingerprint density at radius 3 is 2.51 bits per heavy atom. The minimum Gasteiger partial charge on any atom is -0.486 e. The standard InChI is InChI=1S/C26H25Cl2N7O2/c1-15(23-19(27)13-30-14-20(23)28)37-17-2-3-21-18(10-17)24(34-33-21)16-11-31-25(32-12-16)35-22(36)4-5-26(35)6-8-29-9-7-26/h2-3,10-15,29H,4-9H2,1H3,(H,33,34)/t15-/m1/s1. The number of benzene rings is 1. The summed E-state index contributed by atoms with van der Waals surface area (Å²) >= 11 is 12.6. The molecule has 5 heterocycles. The first-order chi connectivity index (χ1) is 17.9. The molecule has 0 bridgehead atoms. The summed E-state index contributed by atoms with van der Waals surface area (Å²) in [5, 5.41) is 12.7. The Bertz CT molecular complexity index is 1450. The molecule has 6 rings (SSSR count). The number of nitrogens with one attached hydrogen (secondary N) is 2. The molecule has 2 saturated heterocycles. The number of aromatic nitrogens is 5. The fourth-order valence-electron chi connectivity index (χ4n) is 5.44. The second-order valence-electron chi connectivity index (χ2n) is 9.53. The molecule has 1 spiro atoms. The summed E-state index contributed by atoms with van der Waals surface area (Å²) in [6.45, 7) is 3.67. The van der Waals surface area contributed by atoms with Crippen LogP contribution in [0.5, 0.6) is 5.75 Å². The lowest BCUT2D eigenvalue weighted by Crippen LogP contribution is -2.53. The summed E-state index contributed by atoms with van der Waals surface area (Å²) in [6.07, 6.45) is 9.36. The second kappa shape index (κ2) is 9.55. The Labute approximate surface area is 223 Å². The first-order valence-corrected chi connectivity index (χ1v) is 13.0. The fourth-order valence-corrected chi connectivity index (χ4v) is 6.11. The summed E-state index contributed by atoms with van der Waals surface area (Å²) in [7, 11) is 0. The number of carbonyl (C=O) groups excluding carboxylic acids is 1. The van der Waals surface area contributed by atoms with Gasteiger partial charge in [0.1, 0.15) is 17.5 Å². The van der Waals surface area contributed by atoms with Gasteiger partial charge in [0.2, 0.25) is 11.9 Å². The first-order valence-electron chi connectivity index (χ1n) is 12.3. The zero-order valence-electron chi connectivity index (χ0n) is 20.2. The van der Waals surface area contributed by atoms with Crippen LogP contribution in [0.3, 0.4) is 0 Å². The molecule has 11 heteroatoms. The number of carbonyl (C=O) groups is 1. The molecule has 0 aliphatic carbocycles. The molecule has 0 radical (unpaired) electrons. The van der Waals surface area contributed by atoms with E-state index in [-0.39, 0.29) is 11.4 Å². The van der Waals surface area contributed by atoms with E-state index in [9.17, 15) is 4.79 Å². The monoisotopic (exact) mass is 537 g/mol. The van der Waals surface area contributed by atoms with Gasteiger partial charge in [-0.25, -0.2) is 9.97 Å². The smallest absolute Gasteiger partial charge is 0.232 e. The van der Waals surface area contributed by atoms with Gasteiger partial charge in [-0.1, -0.05) is 23.2 Å². The summed E-state index contributed by atoms with van der Waals surface area (Å²) in [5.74, 6) is 1.18. The highest BCUT2D eigenvalue weighted by atomic mass is 35.5. The Balaban J connectivity index is 1.28. The third-order valence-corrected chi connectivity index (χ3v) is 7.92. The number of nitrogens with zero attached hydrogens (tertiary/aromatic N) is 5. The summed E-state index contributed by atoms with van der Waals surface area (Å²) < 4.78 is 6.17. The van der Waals surface area contributed by atoms with Crippen molar-refractivity contribution < 1.29 is 9.53 Å². The van der Waals surface area contributed by atoms with Gasteiger partial charge in [0, 0.05) is 47.7 Å². The summed E-state index contributed by atoms with van der Waals surface area (Å²) in [4.78, 5) is 27.8. The zero-order valence-corrected chi connectivity index (χ0v) is 21.7. The number of anilines is 1. The minimum absolute atomic E-state index is 0.0881. The average molecular weight is 538 g/mol. The van der Waals surface area contributed by atoms with Gasteiger partial charge in [0.15, 0.2) is 0 Å². The quantitative estimate of drug-likeness (QED) is 0.364. The SMILES string of the molecule is C[C@@H](Oc1ccc2[nH]nc(-c3cnc(N4C(=O)CCC45CCNCC5)nc3)c2c1)c1c(Cl)cncc1Cl. The van der Waals surface area contributed by atoms with E-state index in [1.54, 1.807) is 24.8 Å². The summed E-state index contributed by atoms with van der Waals surface area (Å²) in [6, 6.07) is 5.68. The third-order valence-electron chi connectivity index (χ3n) is 7.32. The number of H-pyrrole nitrogens is 1. The van der Waals surface area contributed by atoms with Crippen LogP contribution in [0, 0.1) is 0 Å². The molecule has 1 aromatic carbocycles. The number of hydrogen-bond donors (Lipinski definition) is 2. The van der Waals surface area contributed by atoms with Crippen molar-refractivity contribution in [2.75, 3.05) is 18.0 Å². The van der Waals surface area contributed by atoms with Crippen molar-refractivity contribution in [2.45, 2.75) is 44.2 Å². The lowest BCUT2D eigenvalue weighted by molar-refractivity contribution is -0.117. The Morgan fingerprint density at radius 1 is 1.05 bits per heavy atom. The number of rotatable bonds is 5. The number of halogens is 2. The lowest BCUT2D eigenvalue weighted by Gasteiger charge is -2.40. The van der Waals surface area contributed by atoms with Crippen molar-refractivity contribution in [1.82, 2.24) is 30.5 Å². The Morgan fingerprint density at radius 2 is 1.78 bits per heavy atom. The molecule has 0 saturated carbocycles. The van der Waals surface area contributed by atoms with Crippen molar-refractivity contribution in [3.05, 3.63) is 58.6 Å². The number of piperidine rings is 1. The highest BCUT2D eigenvalue weighted by Gasteiger charge is 2.47. The van der Waals surface area contributed by atoms with Crippen molar-refractivity contribution in [3.63, 3.8) is 0 Å². The van der Waals surface area contributed by atoms with Gasteiger partial charge in [0.05, 0.1) is 21.1 Å². The predicted molar refractivity (Wildman–Crippen MR) is 142 cm³/mol. The number of amides is 1. The van der Waals surface area contributed by atoms with Crippen LogP contribution in [0.15, 0.2) is 43.0 Å². The van der Waals surface area contributed by atoms with E-state index in [0.717, 1.165) is 48.8 Å². The Kier molecular flexibility index (Phi) is 6.22. The maximum atomic E-state index is 12.8. The van der Waals surface area contributed by atoms with E-state index >= 15 is 0 Å². The molecular formula is C26H25Cl2N7O2. The number of pyridine rings is 1. The van der Waals surface area contributed by atoms with E-state index in [4.69, 9.17) is 27.9 Å². The van der Waals surface area contributed by atoms with Crippen LogP contribution in [0.25, 0.3) is 22.2 Å². The van der Waals surface area contributed by atoms with E-state index in [1.807, 2.05) is 30.0 Å². The Hall–Kier alpha value is -3.27. The van der Waals surface area contributed by atoms with Gasteiger partial charge in [-0.15, -0.1) is 0 Å².